The lowest BCUT2D eigenvalue weighted by atomic mass is 9.95. The summed E-state index contributed by atoms with van der Waals surface area (Å²) in [6, 6.07) is 23.1. The number of amides is 1. The molecule has 37 heavy (non-hydrogen) atoms. The summed E-state index contributed by atoms with van der Waals surface area (Å²) in [5.41, 5.74) is 2.22. The topological polar surface area (TPSA) is 76.1 Å². The van der Waals surface area contributed by atoms with Crippen molar-refractivity contribution in [2.24, 2.45) is 0 Å². The van der Waals surface area contributed by atoms with Crippen LogP contribution in [-0.4, -0.2) is 41.5 Å². The van der Waals surface area contributed by atoms with Crippen LogP contribution in [0.2, 0.25) is 0 Å². The Morgan fingerprint density at radius 1 is 0.973 bits per heavy atom. The Balaban J connectivity index is 1.74. The Bertz CT molecular complexity index is 1280. The van der Waals surface area contributed by atoms with Crippen molar-refractivity contribution in [3.05, 3.63) is 114 Å². The van der Waals surface area contributed by atoms with Gasteiger partial charge in [0.25, 0.3) is 11.7 Å². The number of aliphatic hydroxyl groups is 1. The van der Waals surface area contributed by atoms with Crippen LogP contribution in [-0.2, 0) is 16.0 Å². The molecule has 3 aromatic rings. The monoisotopic (exact) mass is 497 g/mol. The van der Waals surface area contributed by atoms with Crippen molar-refractivity contribution < 1.29 is 24.2 Å². The van der Waals surface area contributed by atoms with Crippen LogP contribution in [0.25, 0.3) is 5.76 Å². The molecule has 1 unspecified atom stereocenters. The van der Waals surface area contributed by atoms with Gasteiger partial charge in [0.2, 0.25) is 0 Å². The largest absolute Gasteiger partial charge is 0.507 e. The van der Waals surface area contributed by atoms with E-state index in [0.29, 0.717) is 48.8 Å². The minimum absolute atomic E-state index is 0.0566. The number of rotatable bonds is 11. The predicted octanol–water partition coefficient (Wildman–Crippen LogP) is 5.70. The van der Waals surface area contributed by atoms with Crippen LogP contribution in [0.3, 0.4) is 0 Å². The van der Waals surface area contributed by atoms with Crippen molar-refractivity contribution in [1.82, 2.24) is 4.90 Å². The van der Waals surface area contributed by atoms with E-state index in [1.165, 1.54) is 4.90 Å². The van der Waals surface area contributed by atoms with E-state index in [2.05, 4.69) is 6.58 Å². The molecule has 6 heteroatoms. The van der Waals surface area contributed by atoms with E-state index in [-0.39, 0.29) is 11.3 Å². The zero-order valence-corrected chi connectivity index (χ0v) is 20.9. The summed E-state index contributed by atoms with van der Waals surface area (Å²) in [6.45, 7) is 6.93. The van der Waals surface area contributed by atoms with E-state index in [9.17, 15) is 14.7 Å². The molecule has 1 saturated heterocycles. The van der Waals surface area contributed by atoms with Gasteiger partial charge in [0, 0.05) is 12.1 Å². The molecule has 0 bridgehead atoms. The third-order valence-corrected chi connectivity index (χ3v) is 6.17. The van der Waals surface area contributed by atoms with Crippen molar-refractivity contribution in [3.63, 3.8) is 0 Å². The van der Waals surface area contributed by atoms with Crippen LogP contribution < -0.4 is 9.47 Å². The van der Waals surface area contributed by atoms with Crippen LogP contribution in [0, 0.1) is 0 Å². The second kappa shape index (κ2) is 12.1. The van der Waals surface area contributed by atoms with Gasteiger partial charge in [-0.05, 0) is 60.4 Å². The lowest BCUT2D eigenvalue weighted by Gasteiger charge is -2.26. The smallest absolute Gasteiger partial charge is 0.295 e. The average Bonchev–Trinajstić information content (AvgIpc) is 3.19. The lowest BCUT2D eigenvalue weighted by molar-refractivity contribution is -0.139. The van der Waals surface area contributed by atoms with E-state index in [4.69, 9.17) is 9.47 Å². The Kier molecular flexibility index (Phi) is 8.41. The van der Waals surface area contributed by atoms with Crippen molar-refractivity contribution in [3.8, 4) is 11.5 Å². The van der Waals surface area contributed by atoms with Gasteiger partial charge in [-0.25, -0.2) is 0 Å². The van der Waals surface area contributed by atoms with Crippen LogP contribution in [0.4, 0.5) is 0 Å². The standard InChI is InChI=1S/C31H31NO5/c1-3-19-36-25-15-13-23(14-16-25)29(33)27-28(24-11-8-12-26(21-24)37-20-4-2)32(31(35)30(27)34)18-17-22-9-6-5-7-10-22/h4-16,21,28,33H,2-3,17-20H2,1H3. The van der Waals surface area contributed by atoms with E-state index in [0.717, 1.165) is 12.0 Å². The highest BCUT2D eigenvalue weighted by Crippen LogP contribution is 2.40. The van der Waals surface area contributed by atoms with Crippen LogP contribution in [0.1, 0.15) is 36.1 Å². The molecule has 1 atom stereocenters. The first-order chi connectivity index (χ1) is 18.0. The first kappa shape index (κ1) is 25.8. The maximum absolute atomic E-state index is 13.3. The Hall–Kier alpha value is -4.32. The van der Waals surface area contributed by atoms with Crippen molar-refractivity contribution >= 4 is 17.4 Å². The van der Waals surface area contributed by atoms with Gasteiger partial charge in [-0.15, -0.1) is 0 Å². The van der Waals surface area contributed by atoms with Gasteiger partial charge in [-0.2, -0.15) is 0 Å². The summed E-state index contributed by atoms with van der Waals surface area (Å²) in [5.74, 6) is -0.305. The number of likely N-dealkylation sites (tertiary alicyclic amines) is 1. The predicted molar refractivity (Wildman–Crippen MR) is 144 cm³/mol. The quantitative estimate of drug-likeness (QED) is 0.159. The van der Waals surface area contributed by atoms with Gasteiger partial charge in [-0.3, -0.25) is 9.59 Å². The number of ketones is 1. The number of Topliss-reactive ketones (excluding diaryl/α,β-unsaturated/α-hetero) is 1. The number of nitrogens with zero attached hydrogens (tertiary/aromatic N) is 1. The lowest BCUT2D eigenvalue weighted by Crippen LogP contribution is -2.31. The van der Waals surface area contributed by atoms with Gasteiger partial charge in [0.1, 0.15) is 23.9 Å². The highest BCUT2D eigenvalue weighted by atomic mass is 16.5. The van der Waals surface area contributed by atoms with Crippen molar-refractivity contribution in [2.75, 3.05) is 19.8 Å². The van der Waals surface area contributed by atoms with E-state index < -0.39 is 17.7 Å². The number of carbonyl (C=O) groups excluding carboxylic acids is 2. The summed E-state index contributed by atoms with van der Waals surface area (Å²) >= 11 is 0. The van der Waals surface area contributed by atoms with Crippen LogP contribution >= 0.6 is 0 Å². The number of hydrogen-bond donors (Lipinski definition) is 1. The molecule has 1 N–H and O–H groups in total. The molecule has 0 aliphatic carbocycles. The summed E-state index contributed by atoms with van der Waals surface area (Å²) < 4.78 is 11.3. The molecule has 6 nitrogen and oxygen atoms in total. The first-order valence-electron chi connectivity index (χ1n) is 12.4. The molecule has 3 aromatic carbocycles. The second-order valence-corrected chi connectivity index (χ2v) is 8.77. The summed E-state index contributed by atoms with van der Waals surface area (Å²) in [7, 11) is 0. The summed E-state index contributed by atoms with van der Waals surface area (Å²) in [5, 5.41) is 11.3. The molecule has 4 rings (SSSR count). The Morgan fingerprint density at radius 2 is 1.73 bits per heavy atom. The first-order valence-corrected chi connectivity index (χ1v) is 12.4. The van der Waals surface area contributed by atoms with Crippen LogP contribution in [0.5, 0.6) is 11.5 Å². The van der Waals surface area contributed by atoms with E-state index in [1.54, 1.807) is 42.5 Å². The third kappa shape index (κ3) is 5.92. The molecular formula is C31H31NO5. The van der Waals surface area contributed by atoms with Gasteiger partial charge < -0.3 is 19.5 Å². The number of benzene rings is 3. The van der Waals surface area contributed by atoms with Crippen LogP contribution in [0.15, 0.2) is 97.1 Å². The van der Waals surface area contributed by atoms with Gasteiger partial charge in [0.15, 0.2) is 0 Å². The molecule has 1 heterocycles. The molecule has 0 radical (unpaired) electrons. The fraction of sp³-hybridized carbons (Fsp3) is 0.226. The molecule has 0 saturated carbocycles. The molecule has 1 aliphatic rings. The van der Waals surface area contributed by atoms with Gasteiger partial charge >= 0.3 is 0 Å². The molecule has 190 valence electrons. The normalized spacial score (nSPS) is 16.6. The second-order valence-electron chi connectivity index (χ2n) is 8.77. The third-order valence-electron chi connectivity index (χ3n) is 6.17. The van der Waals surface area contributed by atoms with E-state index >= 15 is 0 Å². The highest BCUT2D eigenvalue weighted by molar-refractivity contribution is 6.46. The molecule has 1 fully saturated rings. The van der Waals surface area contributed by atoms with Gasteiger partial charge in [0.05, 0.1) is 18.2 Å². The SMILES string of the molecule is C=CCOc1cccc(C2C(=C(O)c3ccc(OCCC)cc3)C(=O)C(=O)N2CCc2ccccc2)c1. The summed E-state index contributed by atoms with van der Waals surface area (Å²) in [6.07, 6.45) is 3.09. The summed E-state index contributed by atoms with van der Waals surface area (Å²) in [4.78, 5) is 28.1. The molecule has 1 amide bonds. The zero-order chi connectivity index (χ0) is 26.2. The molecular weight excluding hydrogens is 466 g/mol. The zero-order valence-electron chi connectivity index (χ0n) is 20.9. The Labute approximate surface area is 217 Å². The minimum Gasteiger partial charge on any atom is -0.507 e. The minimum atomic E-state index is -0.757. The highest BCUT2D eigenvalue weighted by Gasteiger charge is 2.46. The molecule has 0 aromatic heterocycles. The van der Waals surface area contributed by atoms with Gasteiger partial charge in [-0.1, -0.05) is 62.0 Å². The van der Waals surface area contributed by atoms with Crippen molar-refractivity contribution in [2.45, 2.75) is 25.8 Å². The number of carbonyl (C=O) groups is 2. The molecule has 1 aliphatic heterocycles. The number of aliphatic hydroxyl groups excluding tert-OH is 1. The number of ether oxygens (including phenoxy) is 2. The maximum Gasteiger partial charge on any atom is 0.295 e. The molecule has 0 spiro atoms. The maximum atomic E-state index is 13.3. The average molecular weight is 498 g/mol. The van der Waals surface area contributed by atoms with E-state index in [1.807, 2.05) is 49.4 Å². The fourth-order valence-corrected chi connectivity index (χ4v) is 4.37. The number of hydrogen-bond acceptors (Lipinski definition) is 5. The van der Waals surface area contributed by atoms with Crippen molar-refractivity contribution in [1.29, 1.82) is 0 Å². The Morgan fingerprint density at radius 3 is 2.43 bits per heavy atom. The fourth-order valence-electron chi connectivity index (χ4n) is 4.37.